The van der Waals surface area contributed by atoms with Crippen molar-refractivity contribution in [2.75, 3.05) is 18.8 Å². The van der Waals surface area contributed by atoms with Crippen LogP contribution in [0.25, 0.3) is 0 Å². The molecule has 2 heterocycles. The van der Waals surface area contributed by atoms with E-state index in [1.807, 2.05) is 18.3 Å². The molecule has 1 aromatic carbocycles. The molecule has 116 valence electrons. The van der Waals surface area contributed by atoms with Gasteiger partial charge in [-0.2, -0.15) is 0 Å². The van der Waals surface area contributed by atoms with E-state index in [-0.39, 0.29) is 24.8 Å². The quantitative estimate of drug-likeness (QED) is 0.856. The molecule has 0 radical (unpaired) electrons. The SMILES string of the molecule is Cl.Cl.Nc1cccc(CN2CCC(c3nccs3)CC2)c1. The topological polar surface area (TPSA) is 42.1 Å². The largest absolute Gasteiger partial charge is 0.399 e. The summed E-state index contributed by atoms with van der Waals surface area (Å²) in [7, 11) is 0. The van der Waals surface area contributed by atoms with Crippen LogP contribution in [0.5, 0.6) is 0 Å². The first-order valence-electron chi connectivity index (χ1n) is 6.77. The lowest BCUT2D eigenvalue weighted by atomic mass is 9.97. The third-order valence-electron chi connectivity index (χ3n) is 3.75. The van der Waals surface area contributed by atoms with Crippen molar-refractivity contribution in [2.24, 2.45) is 0 Å². The van der Waals surface area contributed by atoms with E-state index in [1.165, 1.54) is 23.4 Å². The van der Waals surface area contributed by atoms with E-state index in [2.05, 4.69) is 27.4 Å². The average molecular weight is 346 g/mol. The van der Waals surface area contributed by atoms with Crippen LogP contribution in [0.3, 0.4) is 0 Å². The Kier molecular flexibility index (Phi) is 7.46. The summed E-state index contributed by atoms with van der Waals surface area (Å²) >= 11 is 1.79. The molecule has 1 aliphatic rings. The lowest BCUT2D eigenvalue weighted by Crippen LogP contribution is -2.32. The summed E-state index contributed by atoms with van der Waals surface area (Å²) in [6.45, 7) is 3.31. The maximum atomic E-state index is 5.82. The van der Waals surface area contributed by atoms with Crippen molar-refractivity contribution in [3.63, 3.8) is 0 Å². The normalized spacial score (nSPS) is 16.0. The van der Waals surface area contributed by atoms with E-state index in [4.69, 9.17) is 5.73 Å². The van der Waals surface area contributed by atoms with E-state index in [1.54, 1.807) is 11.3 Å². The first-order valence-corrected chi connectivity index (χ1v) is 7.65. The molecule has 2 aromatic rings. The van der Waals surface area contributed by atoms with Crippen LogP contribution in [-0.2, 0) is 6.54 Å². The number of hydrogen-bond donors (Lipinski definition) is 1. The number of hydrogen-bond acceptors (Lipinski definition) is 4. The summed E-state index contributed by atoms with van der Waals surface area (Å²) < 4.78 is 0. The average Bonchev–Trinajstić information content (AvgIpc) is 2.94. The van der Waals surface area contributed by atoms with Crippen molar-refractivity contribution in [3.05, 3.63) is 46.4 Å². The molecule has 1 saturated heterocycles. The predicted molar refractivity (Wildman–Crippen MR) is 94.7 cm³/mol. The molecule has 1 aromatic heterocycles. The number of nitrogens with zero attached hydrogens (tertiary/aromatic N) is 2. The van der Waals surface area contributed by atoms with E-state index in [0.29, 0.717) is 5.92 Å². The number of rotatable bonds is 3. The van der Waals surface area contributed by atoms with Crippen LogP contribution < -0.4 is 5.73 Å². The lowest BCUT2D eigenvalue weighted by molar-refractivity contribution is 0.204. The summed E-state index contributed by atoms with van der Waals surface area (Å²) in [5.74, 6) is 0.664. The maximum Gasteiger partial charge on any atom is 0.0956 e. The molecular formula is C15H21Cl2N3S. The Balaban J connectivity index is 0.00000110. The molecule has 0 atom stereocenters. The van der Waals surface area contributed by atoms with Crippen LogP contribution in [0.2, 0.25) is 0 Å². The Hall–Kier alpha value is -0.810. The third-order valence-corrected chi connectivity index (χ3v) is 4.68. The summed E-state index contributed by atoms with van der Waals surface area (Å²) in [5.41, 5.74) is 7.99. The van der Waals surface area contributed by atoms with Gasteiger partial charge in [-0.1, -0.05) is 12.1 Å². The Bertz CT molecular complexity index is 525. The molecule has 6 heteroatoms. The predicted octanol–water partition coefficient (Wildman–Crippen LogP) is 3.95. The molecule has 3 rings (SSSR count). The van der Waals surface area contributed by atoms with Gasteiger partial charge in [-0.25, -0.2) is 4.98 Å². The Morgan fingerprint density at radius 3 is 2.62 bits per heavy atom. The van der Waals surface area contributed by atoms with Crippen LogP contribution in [-0.4, -0.2) is 23.0 Å². The second-order valence-electron chi connectivity index (χ2n) is 5.17. The highest BCUT2D eigenvalue weighted by molar-refractivity contribution is 7.09. The zero-order chi connectivity index (χ0) is 13.1. The van der Waals surface area contributed by atoms with Crippen LogP contribution in [0.15, 0.2) is 35.8 Å². The van der Waals surface area contributed by atoms with Crippen LogP contribution in [0.1, 0.15) is 29.3 Å². The summed E-state index contributed by atoms with van der Waals surface area (Å²) in [4.78, 5) is 6.96. The Labute approximate surface area is 142 Å². The van der Waals surface area contributed by atoms with Gasteiger partial charge in [-0.3, -0.25) is 4.90 Å². The molecule has 1 aliphatic heterocycles. The van der Waals surface area contributed by atoms with Crippen LogP contribution in [0, 0.1) is 0 Å². The fourth-order valence-corrected chi connectivity index (χ4v) is 3.53. The van der Waals surface area contributed by atoms with E-state index >= 15 is 0 Å². The number of nitrogens with two attached hydrogens (primary N) is 1. The van der Waals surface area contributed by atoms with Crippen molar-refractivity contribution in [3.8, 4) is 0 Å². The highest BCUT2D eigenvalue weighted by Gasteiger charge is 2.22. The smallest absolute Gasteiger partial charge is 0.0956 e. The third kappa shape index (κ3) is 4.85. The summed E-state index contributed by atoms with van der Waals surface area (Å²) in [6.07, 6.45) is 4.35. The van der Waals surface area contributed by atoms with Gasteiger partial charge in [0.05, 0.1) is 5.01 Å². The summed E-state index contributed by atoms with van der Waals surface area (Å²) in [6, 6.07) is 8.21. The molecule has 0 amide bonds. The number of anilines is 1. The molecular weight excluding hydrogens is 325 g/mol. The van der Waals surface area contributed by atoms with Crippen LogP contribution >= 0.6 is 36.2 Å². The summed E-state index contributed by atoms with van der Waals surface area (Å²) in [5, 5.41) is 3.39. The molecule has 0 saturated carbocycles. The molecule has 0 aliphatic carbocycles. The fourth-order valence-electron chi connectivity index (χ4n) is 2.72. The highest BCUT2D eigenvalue weighted by Crippen LogP contribution is 2.29. The Morgan fingerprint density at radius 1 is 1.24 bits per heavy atom. The highest BCUT2D eigenvalue weighted by atomic mass is 35.5. The van der Waals surface area contributed by atoms with Gasteiger partial charge in [0, 0.05) is 29.7 Å². The van der Waals surface area contributed by atoms with Gasteiger partial charge in [0.15, 0.2) is 0 Å². The van der Waals surface area contributed by atoms with E-state index < -0.39 is 0 Å². The number of thiazole rings is 1. The number of nitrogen functional groups attached to an aromatic ring is 1. The second kappa shape index (κ2) is 8.59. The van der Waals surface area contributed by atoms with Crippen LogP contribution in [0.4, 0.5) is 5.69 Å². The van der Waals surface area contributed by atoms with Gasteiger partial charge < -0.3 is 5.73 Å². The molecule has 2 N–H and O–H groups in total. The molecule has 0 bridgehead atoms. The zero-order valence-corrected chi connectivity index (χ0v) is 14.2. The molecule has 0 spiro atoms. The fraction of sp³-hybridized carbons (Fsp3) is 0.400. The molecule has 0 unspecified atom stereocenters. The molecule has 21 heavy (non-hydrogen) atoms. The number of halogens is 2. The van der Waals surface area contributed by atoms with Gasteiger partial charge in [-0.15, -0.1) is 36.2 Å². The van der Waals surface area contributed by atoms with Crippen molar-refractivity contribution in [1.82, 2.24) is 9.88 Å². The number of likely N-dealkylation sites (tertiary alicyclic amines) is 1. The second-order valence-corrected chi connectivity index (χ2v) is 6.09. The van der Waals surface area contributed by atoms with Gasteiger partial charge in [0.2, 0.25) is 0 Å². The van der Waals surface area contributed by atoms with Crippen molar-refractivity contribution >= 4 is 41.8 Å². The van der Waals surface area contributed by atoms with E-state index in [0.717, 1.165) is 25.3 Å². The van der Waals surface area contributed by atoms with Gasteiger partial charge in [0.25, 0.3) is 0 Å². The molecule has 1 fully saturated rings. The van der Waals surface area contributed by atoms with Crippen molar-refractivity contribution < 1.29 is 0 Å². The number of piperidine rings is 1. The van der Waals surface area contributed by atoms with Gasteiger partial charge >= 0.3 is 0 Å². The maximum absolute atomic E-state index is 5.82. The van der Waals surface area contributed by atoms with Gasteiger partial charge in [-0.05, 0) is 43.6 Å². The van der Waals surface area contributed by atoms with Gasteiger partial charge in [0.1, 0.15) is 0 Å². The monoisotopic (exact) mass is 345 g/mol. The minimum atomic E-state index is 0. The first kappa shape index (κ1) is 18.2. The Morgan fingerprint density at radius 2 is 2.00 bits per heavy atom. The number of aromatic nitrogens is 1. The zero-order valence-electron chi connectivity index (χ0n) is 11.8. The lowest BCUT2D eigenvalue weighted by Gasteiger charge is -2.31. The standard InChI is InChI=1S/C15H19N3S.2ClH/c16-14-3-1-2-12(10-14)11-18-7-4-13(5-8-18)15-17-6-9-19-15;;/h1-3,6,9-10,13H,4-5,7-8,11,16H2;2*1H. The first-order chi connectivity index (χ1) is 9.31. The van der Waals surface area contributed by atoms with Crippen molar-refractivity contribution in [2.45, 2.75) is 25.3 Å². The van der Waals surface area contributed by atoms with Crippen molar-refractivity contribution in [1.29, 1.82) is 0 Å². The minimum Gasteiger partial charge on any atom is -0.399 e. The minimum absolute atomic E-state index is 0. The molecule has 3 nitrogen and oxygen atoms in total. The number of benzene rings is 1. The van der Waals surface area contributed by atoms with E-state index in [9.17, 15) is 0 Å².